The van der Waals surface area contributed by atoms with Gasteiger partial charge < -0.3 is 14.2 Å². The molecular formula is C18H25N3O2. The fourth-order valence-corrected chi connectivity index (χ4v) is 2.87. The highest BCUT2D eigenvalue weighted by Gasteiger charge is 2.25. The van der Waals surface area contributed by atoms with Gasteiger partial charge in [0.2, 0.25) is 5.91 Å². The van der Waals surface area contributed by atoms with Gasteiger partial charge in [-0.3, -0.25) is 4.79 Å². The van der Waals surface area contributed by atoms with Crippen molar-refractivity contribution in [3.8, 4) is 0 Å². The summed E-state index contributed by atoms with van der Waals surface area (Å²) in [7, 11) is 1.66. The molecule has 2 rings (SSSR count). The number of ether oxygens (including phenoxy) is 1. The van der Waals surface area contributed by atoms with Gasteiger partial charge in [0, 0.05) is 19.5 Å². The first kappa shape index (κ1) is 17.2. The average Bonchev–Trinajstić information content (AvgIpc) is 3.02. The summed E-state index contributed by atoms with van der Waals surface area (Å²) in [5.41, 5.74) is 3.28. The van der Waals surface area contributed by atoms with E-state index in [0.717, 1.165) is 17.7 Å². The number of aryl methyl sites for hydroxylation is 2. The first-order chi connectivity index (χ1) is 11.1. The number of nitrogens with zero attached hydrogens (tertiary/aromatic N) is 3. The molecule has 1 heterocycles. The van der Waals surface area contributed by atoms with Crippen LogP contribution in [0.4, 0.5) is 5.69 Å². The van der Waals surface area contributed by atoms with Crippen LogP contribution in [-0.4, -0.2) is 35.2 Å². The van der Waals surface area contributed by atoms with Crippen LogP contribution in [0.3, 0.4) is 0 Å². The quantitative estimate of drug-likeness (QED) is 0.789. The molecule has 5 heteroatoms. The van der Waals surface area contributed by atoms with E-state index in [1.54, 1.807) is 30.4 Å². The van der Waals surface area contributed by atoms with E-state index >= 15 is 0 Å². The summed E-state index contributed by atoms with van der Waals surface area (Å²) in [5.74, 6) is 0.0385. The standard InChI is InChI=1S/C18H25N3O2/c1-5-16-8-6-7-14(2)18(16)21(15(3)12-23-4)17(22)11-20-10-9-19-13-20/h6-10,13,15H,5,11-12H2,1-4H3/t15-/m0/s1. The van der Waals surface area contributed by atoms with Crippen LogP contribution in [0, 0.1) is 6.92 Å². The van der Waals surface area contributed by atoms with Crippen LogP contribution in [0.2, 0.25) is 0 Å². The van der Waals surface area contributed by atoms with Crippen LogP contribution >= 0.6 is 0 Å². The monoisotopic (exact) mass is 315 g/mol. The number of rotatable bonds is 7. The van der Waals surface area contributed by atoms with Crippen LogP contribution < -0.4 is 4.90 Å². The maximum Gasteiger partial charge on any atom is 0.247 e. The van der Waals surface area contributed by atoms with Crippen LogP contribution in [0.15, 0.2) is 36.9 Å². The Kier molecular flexibility index (Phi) is 5.93. The lowest BCUT2D eigenvalue weighted by Crippen LogP contribution is -2.43. The van der Waals surface area contributed by atoms with Crippen molar-refractivity contribution in [1.29, 1.82) is 0 Å². The summed E-state index contributed by atoms with van der Waals surface area (Å²) in [6.07, 6.45) is 6.03. The molecule has 0 unspecified atom stereocenters. The highest BCUT2D eigenvalue weighted by Crippen LogP contribution is 2.28. The number of hydrogen-bond acceptors (Lipinski definition) is 3. The Balaban J connectivity index is 2.40. The Hall–Kier alpha value is -2.14. The third-order valence-electron chi connectivity index (χ3n) is 3.94. The summed E-state index contributed by atoms with van der Waals surface area (Å²) in [5, 5.41) is 0. The van der Waals surface area contributed by atoms with Crippen molar-refractivity contribution in [1.82, 2.24) is 9.55 Å². The molecule has 0 aliphatic heterocycles. The molecule has 1 aromatic heterocycles. The Bertz CT molecular complexity index is 638. The minimum atomic E-state index is -0.0394. The second-order valence-electron chi connectivity index (χ2n) is 5.74. The van der Waals surface area contributed by atoms with Gasteiger partial charge in [-0.05, 0) is 31.4 Å². The van der Waals surface area contributed by atoms with Gasteiger partial charge in [-0.15, -0.1) is 0 Å². The van der Waals surface area contributed by atoms with Gasteiger partial charge in [-0.1, -0.05) is 25.1 Å². The molecule has 0 fully saturated rings. The van der Waals surface area contributed by atoms with Crippen molar-refractivity contribution in [3.63, 3.8) is 0 Å². The fourth-order valence-electron chi connectivity index (χ4n) is 2.87. The minimum Gasteiger partial charge on any atom is -0.383 e. The first-order valence-corrected chi connectivity index (χ1v) is 7.93. The van der Waals surface area contributed by atoms with Crippen LogP contribution in [0.1, 0.15) is 25.0 Å². The zero-order valence-electron chi connectivity index (χ0n) is 14.3. The fraction of sp³-hybridized carbons (Fsp3) is 0.444. The van der Waals surface area contributed by atoms with E-state index in [4.69, 9.17) is 4.74 Å². The number of carbonyl (C=O) groups is 1. The molecular weight excluding hydrogens is 290 g/mol. The zero-order chi connectivity index (χ0) is 16.8. The second kappa shape index (κ2) is 7.92. The third-order valence-corrected chi connectivity index (χ3v) is 3.94. The van der Waals surface area contributed by atoms with Crippen molar-refractivity contribution in [2.75, 3.05) is 18.6 Å². The summed E-state index contributed by atoms with van der Waals surface area (Å²) in [6.45, 7) is 6.93. The molecule has 0 radical (unpaired) electrons. The number of hydrogen-bond donors (Lipinski definition) is 0. The van der Waals surface area contributed by atoms with E-state index in [0.29, 0.717) is 6.61 Å². The predicted molar refractivity (Wildman–Crippen MR) is 91.6 cm³/mol. The van der Waals surface area contributed by atoms with Crippen molar-refractivity contribution < 1.29 is 9.53 Å². The number of imidazole rings is 1. The average molecular weight is 315 g/mol. The topological polar surface area (TPSA) is 47.4 Å². The SMILES string of the molecule is CCc1cccc(C)c1N(C(=O)Cn1ccnc1)[C@@H](C)COC. The van der Waals surface area contributed by atoms with E-state index in [1.165, 1.54) is 5.56 Å². The Morgan fingerprint density at radius 3 is 2.83 bits per heavy atom. The molecule has 124 valence electrons. The van der Waals surface area contributed by atoms with Crippen molar-refractivity contribution in [2.45, 2.75) is 39.8 Å². The lowest BCUT2D eigenvalue weighted by molar-refractivity contribution is -0.119. The molecule has 0 aliphatic rings. The molecule has 2 aromatic rings. The number of anilines is 1. The normalized spacial score (nSPS) is 12.2. The van der Waals surface area contributed by atoms with Crippen LogP contribution in [0.25, 0.3) is 0 Å². The van der Waals surface area contributed by atoms with Gasteiger partial charge in [-0.2, -0.15) is 0 Å². The van der Waals surface area contributed by atoms with Crippen molar-refractivity contribution in [3.05, 3.63) is 48.0 Å². The summed E-state index contributed by atoms with van der Waals surface area (Å²) >= 11 is 0. The zero-order valence-corrected chi connectivity index (χ0v) is 14.3. The lowest BCUT2D eigenvalue weighted by Gasteiger charge is -2.32. The maximum absolute atomic E-state index is 13.0. The molecule has 5 nitrogen and oxygen atoms in total. The molecule has 0 bridgehead atoms. The number of aromatic nitrogens is 2. The summed E-state index contributed by atoms with van der Waals surface area (Å²) in [6, 6.07) is 6.13. The lowest BCUT2D eigenvalue weighted by atomic mass is 10.0. The molecule has 0 spiro atoms. The van der Waals surface area contributed by atoms with Gasteiger partial charge >= 0.3 is 0 Å². The number of amides is 1. The van der Waals surface area contributed by atoms with Gasteiger partial charge in [0.15, 0.2) is 0 Å². The molecule has 1 aromatic carbocycles. The van der Waals surface area contributed by atoms with Gasteiger partial charge in [0.05, 0.1) is 24.7 Å². The molecule has 0 N–H and O–H groups in total. The third kappa shape index (κ3) is 3.99. The maximum atomic E-state index is 13.0. The Morgan fingerprint density at radius 2 is 2.22 bits per heavy atom. The van der Waals surface area contributed by atoms with Crippen molar-refractivity contribution in [2.24, 2.45) is 0 Å². The highest BCUT2D eigenvalue weighted by atomic mass is 16.5. The van der Waals surface area contributed by atoms with Gasteiger partial charge in [-0.25, -0.2) is 4.98 Å². The number of benzene rings is 1. The molecule has 1 atom stereocenters. The van der Waals surface area contributed by atoms with Crippen LogP contribution in [-0.2, 0) is 22.5 Å². The smallest absolute Gasteiger partial charge is 0.247 e. The molecule has 23 heavy (non-hydrogen) atoms. The number of methoxy groups -OCH3 is 1. The van der Waals surface area contributed by atoms with Gasteiger partial charge in [0.25, 0.3) is 0 Å². The van der Waals surface area contributed by atoms with E-state index in [1.807, 2.05) is 30.9 Å². The highest BCUT2D eigenvalue weighted by molar-refractivity contribution is 5.95. The van der Waals surface area contributed by atoms with Crippen LogP contribution in [0.5, 0.6) is 0 Å². The second-order valence-corrected chi connectivity index (χ2v) is 5.74. The van der Waals surface area contributed by atoms with E-state index in [9.17, 15) is 4.79 Å². The Labute approximate surface area is 137 Å². The van der Waals surface area contributed by atoms with E-state index < -0.39 is 0 Å². The van der Waals surface area contributed by atoms with Crippen molar-refractivity contribution >= 4 is 11.6 Å². The molecule has 0 saturated heterocycles. The number of para-hydroxylation sites is 1. The first-order valence-electron chi connectivity index (χ1n) is 7.93. The number of carbonyl (C=O) groups excluding carboxylic acids is 1. The van der Waals surface area contributed by atoms with E-state index in [2.05, 4.69) is 18.0 Å². The summed E-state index contributed by atoms with van der Waals surface area (Å²) < 4.78 is 7.08. The molecule has 0 aliphatic carbocycles. The molecule has 1 amide bonds. The van der Waals surface area contributed by atoms with Gasteiger partial charge in [0.1, 0.15) is 6.54 Å². The van der Waals surface area contributed by atoms with E-state index in [-0.39, 0.29) is 18.5 Å². The predicted octanol–water partition coefficient (Wildman–Crippen LogP) is 2.82. The minimum absolute atomic E-state index is 0.0385. The molecule has 0 saturated carbocycles. The Morgan fingerprint density at radius 1 is 1.43 bits per heavy atom. The summed E-state index contributed by atoms with van der Waals surface area (Å²) in [4.78, 5) is 18.8. The largest absolute Gasteiger partial charge is 0.383 e.